The zero-order chi connectivity index (χ0) is 15.6. The van der Waals surface area contributed by atoms with Gasteiger partial charge >= 0.3 is 0 Å². The van der Waals surface area contributed by atoms with Crippen LogP contribution in [0.1, 0.15) is 27.2 Å². The Kier molecular flexibility index (Phi) is 4.66. The molecule has 0 aliphatic carbocycles. The van der Waals surface area contributed by atoms with Crippen molar-refractivity contribution in [1.82, 2.24) is 4.98 Å². The van der Waals surface area contributed by atoms with E-state index >= 15 is 0 Å². The third kappa shape index (κ3) is 3.63. The minimum atomic E-state index is -0.385. The highest BCUT2D eigenvalue weighted by Crippen LogP contribution is 2.22. The lowest BCUT2D eigenvalue weighted by atomic mass is 10.1. The maximum atomic E-state index is 12.2. The van der Waals surface area contributed by atoms with Gasteiger partial charge in [0.05, 0.1) is 5.56 Å². The second kappa shape index (κ2) is 6.29. The molecule has 0 unspecified atom stereocenters. The second-order valence-corrected chi connectivity index (χ2v) is 5.55. The van der Waals surface area contributed by atoms with Crippen molar-refractivity contribution >= 4 is 35.1 Å². The summed E-state index contributed by atoms with van der Waals surface area (Å²) in [6, 6.07) is 6.75. The summed E-state index contributed by atoms with van der Waals surface area (Å²) in [6.45, 7) is 3.50. The zero-order valence-electron chi connectivity index (χ0n) is 11.5. The van der Waals surface area contributed by atoms with Crippen LogP contribution in [0.4, 0.5) is 0 Å². The van der Waals surface area contributed by atoms with Gasteiger partial charge in [-0.2, -0.15) is 0 Å². The van der Waals surface area contributed by atoms with Crippen molar-refractivity contribution in [3.8, 4) is 0 Å². The molecule has 2 aromatic rings. The number of halogens is 2. The lowest BCUT2D eigenvalue weighted by molar-refractivity contribution is 0.104. The number of allylic oxidation sites excluding steroid dienone is 1. The zero-order valence-corrected chi connectivity index (χ0v) is 13.0. The Bertz CT molecular complexity index is 791. The van der Waals surface area contributed by atoms with Crippen LogP contribution in [0.2, 0.25) is 10.0 Å². The number of carbonyl (C=O) groups excluding carboxylic acids is 1. The number of ketones is 1. The molecule has 0 aliphatic heterocycles. The molecule has 1 aromatic carbocycles. The van der Waals surface area contributed by atoms with E-state index in [1.807, 2.05) is 0 Å². The Morgan fingerprint density at radius 2 is 1.90 bits per heavy atom. The van der Waals surface area contributed by atoms with Gasteiger partial charge in [0.1, 0.15) is 0 Å². The summed E-state index contributed by atoms with van der Waals surface area (Å²) in [5.74, 6) is -0.361. The van der Waals surface area contributed by atoms with Crippen LogP contribution in [0.5, 0.6) is 0 Å². The number of hydrogen-bond acceptors (Lipinski definition) is 2. The Morgan fingerprint density at radius 3 is 2.52 bits per heavy atom. The van der Waals surface area contributed by atoms with Gasteiger partial charge in [-0.25, -0.2) is 0 Å². The average molecular weight is 322 g/mol. The Hall–Kier alpha value is -1.84. The molecule has 0 saturated carbocycles. The summed E-state index contributed by atoms with van der Waals surface area (Å²) in [4.78, 5) is 26.7. The van der Waals surface area contributed by atoms with Gasteiger partial charge in [-0.15, -0.1) is 0 Å². The van der Waals surface area contributed by atoms with Gasteiger partial charge in [-0.1, -0.05) is 29.3 Å². The Morgan fingerprint density at radius 1 is 1.19 bits per heavy atom. The third-order valence-corrected chi connectivity index (χ3v) is 3.55. The average Bonchev–Trinajstić information content (AvgIpc) is 2.36. The van der Waals surface area contributed by atoms with E-state index in [2.05, 4.69) is 4.98 Å². The molecular formula is C16H13Cl2NO2. The number of carbonyl (C=O) groups is 1. The molecule has 0 bridgehead atoms. The van der Waals surface area contributed by atoms with E-state index in [9.17, 15) is 9.59 Å². The van der Waals surface area contributed by atoms with Crippen LogP contribution in [0.3, 0.4) is 0 Å². The first-order chi connectivity index (χ1) is 9.88. The van der Waals surface area contributed by atoms with Crippen molar-refractivity contribution in [3.05, 3.63) is 73.1 Å². The quantitative estimate of drug-likeness (QED) is 0.680. The molecule has 1 aromatic heterocycles. The van der Waals surface area contributed by atoms with E-state index in [-0.39, 0.29) is 16.9 Å². The number of benzene rings is 1. The number of aromatic amines is 1. The standard InChI is InChI=1S/C16H13Cl2NO2/c1-9-7-10(2)19-16(21)15(9)14(20)6-4-11-3-5-12(17)8-13(11)18/h3-8H,1-2H3,(H,19,21)/b6-4+. The summed E-state index contributed by atoms with van der Waals surface area (Å²) in [6.07, 6.45) is 2.90. The molecule has 2 rings (SSSR count). The van der Waals surface area contributed by atoms with Crippen molar-refractivity contribution in [2.75, 3.05) is 0 Å². The maximum absolute atomic E-state index is 12.2. The second-order valence-electron chi connectivity index (χ2n) is 4.70. The SMILES string of the molecule is Cc1cc(C)c(C(=O)/C=C/c2ccc(Cl)cc2Cl)c(=O)[nH]1. The first-order valence-corrected chi connectivity index (χ1v) is 7.02. The number of nitrogens with one attached hydrogen (secondary N) is 1. The van der Waals surface area contributed by atoms with Crippen LogP contribution >= 0.6 is 23.2 Å². The predicted molar refractivity (Wildman–Crippen MR) is 86.4 cm³/mol. The van der Waals surface area contributed by atoms with Crippen LogP contribution in [0.25, 0.3) is 6.08 Å². The maximum Gasteiger partial charge on any atom is 0.259 e. The minimum absolute atomic E-state index is 0.141. The summed E-state index contributed by atoms with van der Waals surface area (Å²) in [5.41, 5.74) is 1.79. The third-order valence-electron chi connectivity index (χ3n) is 2.99. The molecule has 0 spiro atoms. The van der Waals surface area contributed by atoms with Crippen LogP contribution in [-0.2, 0) is 0 Å². The summed E-state index contributed by atoms with van der Waals surface area (Å²) in [5, 5.41) is 0.968. The van der Waals surface area contributed by atoms with Gasteiger partial charge < -0.3 is 4.98 Å². The van der Waals surface area contributed by atoms with Crippen molar-refractivity contribution in [2.24, 2.45) is 0 Å². The van der Waals surface area contributed by atoms with E-state index in [1.165, 1.54) is 6.08 Å². The van der Waals surface area contributed by atoms with Crippen LogP contribution in [0.15, 0.2) is 35.1 Å². The molecule has 1 N–H and O–H groups in total. The first kappa shape index (κ1) is 15.5. The molecule has 3 nitrogen and oxygen atoms in total. The molecule has 21 heavy (non-hydrogen) atoms. The molecule has 0 radical (unpaired) electrons. The van der Waals surface area contributed by atoms with Crippen molar-refractivity contribution < 1.29 is 4.79 Å². The molecule has 1 heterocycles. The number of H-pyrrole nitrogens is 1. The van der Waals surface area contributed by atoms with E-state index in [0.29, 0.717) is 21.2 Å². The number of rotatable bonds is 3. The summed E-state index contributed by atoms with van der Waals surface area (Å²) < 4.78 is 0. The van der Waals surface area contributed by atoms with Crippen molar-refractivity contribution in [2.45, 2.75) is 13.8 Å². The van der Waals surface area contributed by atoms with Crippen LogP contribution in [-0.4, -0.2) is 10.8 Å². The molecule has 0 saturated heterocycles. The predicted octanol–water partition coefficient (Wildman–Crippen LogP) is 4.19. The monoisotopic (exact) mass is 321 g/mol. The van der Waals surface area contributed by atoms with E-state index in [0.717, 1.165) is 5.69 Å². The Balaban J connectivity index is 2.34. The van der Waals surface area contributed by atoms with Gasteiger partial charge in [-0.3, -0.25) is 9.59 Å². The van der Waals surface area contributed by atoms with Crippen molar-refractivity contribution in [3.63, 3.8) is 0 Å². The summed E-state index contributed by atoms with van der Waals surface area (Å²) >= 11 is 11.8. The van der Waals surface area contributed by atoms with Gasteiger partial charge in [0.2, 0.25) is 0 Å². The molecule has 0 fully saturated rings. The molecule has 0 aliphatic rings. The number of hydrogen-bond donors (Lipinski definition) is 1. The fraction of sp³-hybridized carbons (Fsp3) is 0.125. The van der Waals surface area contributed by atoms with Crippen LogP contribution in [0, 0.1) is 13.8 Å². The van der Waals surface area contributed by atoms with Crippen molar-refractivity contribution in [1.29, 1.82) is 0 Å². The fourth-order valence-corrected chi connectivity index (χ4v) is 2.52. The largest absolute Gasteiger partial charge is 0.326 e. The highest BCUT2D eigenvalue weighted by atomic mass is 35.5. The van der Waals surface area contributed by atoms with Gasteiger partial charge in [0.25, 0.3) is 5.56 Å². The number of pyridine rings is 1. The molecular weight excluding hydrogens is 309 g/mol. The topological polar surface area (TPSA) is 49.9 Å². The first-order valence-electron chi connectivity index (χ1n) is 6.26. The normalized spacial score (nSPS) is 11.0. The van der Waals surface area contributed by atoms with Gasteiger partial charge in [-0.05, 0) is 55.3 Å². The fourth-order valence-electron chi connectivity index (χ4n) is 2.05. The summed E-state index contributed by atoms with van der Waals surface area (Å²) in [7, 11) is 0. The van der Waals surface area contributed by atoms with Gasteiger partial charge in [0.15, 0.2) is 5.78 Å². The van der Waals surface area contributed by atoms with E-state index in [4.69, 9.17) is 23.2 Å². The lowest BCUT2D eigenvalue weighted by Crippen LogP contribution is -2.19. The molecule has 0 atom stereocenters. The molecule has 108 valence electrons. The molecule has 5 heteroatoms. The van der Waals surface area contributed by atoms with E-state index in [1.54, 1.807) is 44.2 Å². The van der Waals surface area contributed by atoms with Gasteiger partial charge in [0, 0.05) is 15.7 Å². The Labute approximate surface area is 132 Å². The highest BCUT2D eigenvalue weighted by Gasteiger charge is 2.11. The number of aryl methyl sites for hydroxylation is 2. The van der Waals surface area contributed by atoms with E-state index < -0.39 is 0 Å². The minimum Gasteiger partial charge on any atom is -0.326 e. The number of aromatic nitrogens is 1. The highest BCUT2D eigenvalue weighted by molar-refractivity contribution is 6.35. The smallest absolute Gasteiger partial charge is 0.259 e. The molecule has 0 amide bonds. The lowest BCUT2D eigenvalue weighted by Gasteiger charge is -2.03. The van der Waals surface area contributed by atoms with Crippen LogP contribution < -0.4 is 5.56 Å².